The van der Waals surface area contributed by atoms with E-state index in [1.54, 1.807) is 18.2 Å². The van der Waals surface area contributed by atoms with Crippen LogP contribution in [-0.2, 0) is 4.74 Å². The average Bonchev–Trinajstić information content (AvgIpc) is 2.38. The van der Waals surface area contributed by atoms with Gasteiger partial charge >= 0.3 is 0 Å². The maximum Gasteiger partial charge on any atom is 0.253 e. The molecule has 0 bridgehead atoms. The van der Waals surface area contributed by atoms with E-state index in [0.29, 0.717) is 6.61 Å². The predicted octanol–water partition coefficient (Wildman–Crippen LogP) is 4.59. The van der Waals surface area contributed by atoms with E-state index in [-0.39, 0.29) is 19.3 Å². The molecule has 0 atom stereocenters. The summed E-state index contributed by atoms with van der Waals surface area (Å²) in [5.41, 5.74) is 12.4. The fourth-order valence-electron chi connectivity index (χ4n) is 0.243. The molecule has 0 aliphatic rings. The molecule has 0 heterocycles. The highest BCUT2D eigenvalue weighted by Gasteiger charge is 1.83. The van der Waals surface area contributed by atoms with Gasteiger partial charge in [-0.15, -0.1) is 6.58 Å². The second-order valence-electron chi connectivity index (χ2n) is 2.50. The van der Waals surface area contributed by atoms with Crippen molar-refractivity contribution in [3.63, 3.8) is 0 Å². The third-order valence-corrected chi connectivity index (χ3v) is 1.44. The molecule has 0 saturated carbocycles. The van der Waals surface area contributed by atoms with Gasteiger partial charge < -0.3 is 21.3 Å². The van der Waals surface area contributed by atoms with Crippen molar-refractivity contribution in [1.29, 1.82) is 0 Å². The van der Waals surface area contributed by atoms with E-state index in [1.807, 2.05) is 13.8 Å². The minimum absolute atomic E-state index is 0. The van der Waals surface area contributed by atoms with Crippen molar-refractivity contribution in [2.75, 3.05) is 6.61 Å². The SMILES string of the molecule is C=CCCOC(N)=S.CC=CCl.CC=CCl.F.F.F.NC(O)=S. The Kier molecular flexibility index (Phi) is 93.2. The lowest BCUT2D eigenvalue weighted by Crippen LogP contribution is -2.12. The first-order valence-electron chi connectivity index (χ1n) is 5.28. The highest BCUT2D eigenvalue weighted by molar-refractivity contribution is 7.80. The number of aliphatic hydroxyl groups is 1. The summed E-state index contributed by atoms with van der Waals surface area (Å²) in [6.45, 7) is 7.77. The zero-order valence-electron chi connectivity index (χ0n) is 12.8. The molecule has 0 spiro atoms. The van der Waals surface area contributed by atoms with E-state index in [2.05, 4.69) is 36.7 Å². The van der Waals surface area contributed by atoms with Crippen LogP contribution in [0, 0.1) is 0 Å². The second kappa shape index (κ2) is 49.7. The summed E-state index contributed by atoms with van der Waals surface area (Å²) >= 11 is 18.3. The standard InChI is InChI=1S/C5H9NOS.2C3H5Cl.CH3NOS.3FH/c1-2-3-4-7-5(6)8;2*1-2-3-4;2-1(3)4;;;/h2H,1,3-4H2,(H2,6,8);2*2-3H,1H3;(H3,2,3,4);3*1H. The topological polar surface area (TPSA) is 81.5 Å². The summed E-state index contributed by atoms with van der Waals surface area (Å²) in [5.74, 6) is 0. The van der Waals surface area contributed by atoms with E-state index < -0.39 is 5.17 Å². The molecule has 0 aliphatic heterocycles. The van der Waals surface area contributed by atoms with Gasteiger partial charge in [-0.3, -0.25) is 14.1 Å². The second-order valence-corrected chi connectivity index (χ2v) is 3.83. The molecule has 0 unspecified atom stereocenters. The third-order valence-electron chi connectivity index (χ3n) is 0.818. The molecule has 0 aromatic rings. The van der Waals surface area contributed by atoms with Gasteiger partial charge in [-0.1, -0.05) is 41.4 Å². The van der Waals surface area contributed by atoms with Gasteiger partial charge in [-0.25, -0.2) is 0 Å². The maximum absolute atomic E-state index is 7.56. The van der Waals surface area contributed by atoms with Crippen molar-refractivity contribution in [2.45, 2.75) is 20.3 Å². The van der Waals surface area contributed by atoms with Gasteiger partial charge in [-0.05, 0) is 55.8 Å². The Balaban J connectivity index is -0.0000000301. The van der Waals surface area contributed by atoms with Gasteiger partial charge in [0.05, 0.1) is 6.61 Å². The molecule has 11 heteroatoms. The zero-order valence-corrected chi connectivity index (χ0v) is 16.0. The van der Waals surface area contributed by atoms with Crippen molar-refractivity contribution >= 4 is 58.0 Å². The Morgan fingerprint density at radius 2 is 1.35 bits per heavy atom. The van der Waals surface area contributed by atoms with Gasteiger partial charge in [0.25, 0.3) is 10.3 Å². The van der Waals surface area contributed by atoms with Gasteiger partial charge in [0.2, 0.25) is 0 Å². The summed E-state index contributed by atoms with van der Waals surface area (Å²) in [7, 11) is 0. The van der Waals surface area contributed by atoms with Gasteiger partial charge in [0.1, 0.15) is 0 Å². The Bertz CT molecular complexity index is 277. The summed E-state index contributed by atoms with van der Waals surface area (Å²) in [6, 6.07) is 0. The van der Waals surface area contributed by atoms with Crippen LogP contribution in [0.15, 0.2) is 35.9 Å². The summed E-state index contributed by atoms with van der Waals surface area (Å²) in [6.07, 6.45) is 6.07. The normalized spacial score (nSPS) is 7.13. The molecule has 0 aliphatic carbocycles. The van der Waals surface area contributed by atoms with Crippen molar-refractivity contribution in [3.05, 3.63) is 35.9 Å². The molecule has 0 aromatic carbocycles. The van der Waals surface area contributed by atoms with Crippen LogP contribution in [0.2, 0.25) is 0 Å². The van der Waals surface area contributed by atoms with Crippen molar-refractivity contribution in [1.82, 2.24) is 0 Å². The number of hydrogen-bond acceptors (Lipinski definition) is 3. The average molecular weight is 421 g/mol. The molecular formula is C12H25Cl2F3N2O2S2. The number of nitrogens with two attached hydrogens (primary N) is 2. The van der Waals surface area contributed by atoms with E-state index in [0.717, 1.165) is 6.42 Å². The molecule has 23 heavy (non-hydrogen) atoms. The lowest BCUT2D eigenvalue weighted by molar-refractivity contribution is 0.316. The lowest BCUT2D eigenvalue weighted by Gasteiger charge is -1.97. The number of allylic oxidation sites excluding steroid dienone is 2. The highest BCUT2D eigenvalue weighted by Crippen LogP contribution is 1.81. The van der Waals surface area contributed by atoms with Crippen LogP contribution < -0.4 is 11.5 Å². The minimum atomic E-state index is -0.500. The Morgan fingerprint density at radius 3 is 1.48 bits per heavy atom. The van der Waals surface area contributed by atoms with E-state index >= 15 is 0 Å². The van der Waals surface area contributed by atoms with Crippen LogP contribution in [0.3, 0.4) is 0 Å². The quantitative estimate of drug-likeness (QED) is 0.352. The van der Waals surface area contributed by atoms with Crippen molar-refractivity contribution < 1.29 is 24.0 Å². The number of ether oxygens (including phenoxy) is 1. The van der Waals surface area contributed by atoms with Crippen LogP contribution in [0.25, 0.3) is 0 Å². The number of thiocarbonyl (C=S) groups is 2. The summed E-state index contributed by atoms with van der Waals surface area (Å²) < 4.78 is 4.72. The molecule has 0 fully saturated rings. The number of halogens is 5. The number of rotatable bonds is 3. The largest absolute Gasteiger partial charge is 0.487 e. The molecule has 5 N–H and O–H groups in total. The first kappa shape index (κ1) is 43.1. The Morgan fingerprint density at radius 1 is 1.09 bits per heavy atom. The minimum Gasteiger partial charge on any atom is -0.487 e. The van der Waals surface area contributed by atoms with E-state index in [1.165, 1.54) is 11.1 Å². The Hall–Kier alpha value is -1.03. The molecular weight excluding hydrogens is 396 g/mol. The van der Waals surface area contributed by atoms with Crippen molar-refractivity contribution in [3.8, 4) is 0 Å². The first-order chi connectivity index (χ1) is 9.33. The molecule has 0 radical (unpaired) electrons. The summed E-state index contributed by atoms with van der Waals surface area (Å²) in [4.78, 5) is 0. The van der Waals surface area contributed by atoms with Gasteiger partial charge in [0, 0.05) is 0 Å². The zero-order chi connectivity index (χ0) is 16.8. The van der Waals surface area contributed by atoms with Gasteiger partial charge in [-0.2, -0.15) is 0 Å². The van der Waals surface area contributed by atoms with Crippen LogP contribution in [0.1, 0.15) is 20.3 Å². The van der Waals surface area contributed by atoms with E-state index in [9.17, 15) is 0 Å². The fourth-order valence-corrected chi connectivity index (χ4v) is 0.326. The number of hydrogen-bond donors (Lipinski definition) is 3. The third kappa shape index (κ3) is 212. The summed E-state index contributed by atoms with van der Waals surface area (Å²) in [5, 5.41) is 7.17. The fraction of sp³-hybridized carbons (Fsp3) is 0.333. The Labute approximate surface area is 156 Å². The smallest absolute Gasteiger partial charge is 0.253 e. The molecule has 0 amide bonds. The van der Waals surface area contributed by atoms with Crippen LogP contribution in [-0.4, -0.2) is 22.1 Å². The molecule has 0 aromatic heterocycles. The highest BCUT2D eigenvalue weighted by atomic mass is 35.5. The number of aliphatic hydroxyl groups excluding tert-OH is 1. The maximum atomic E-state index is 7.56. The molecule has 0 saturated heterocycles. The van der Waals surface area contributed by atoms with Crippen LogP contribution in [0.5, 0.6) is 0 Å². The van der Waals surface area contributed by atoms with Crippen LogP contribution in [0.4, 0.5) is 14.1 Å². The lowest BCUT2D eigenvalue weighted by atomic mass is 10.5. The molecule has 0 rings (SSSR count). The first-order valence-corrected chi connectivity index (χ1v) is 6.97. The predicted molar refractivity (Wildman–Crippen MR) is 106 cm³/mol. The molecule has 142 valence electrons. The van der Waals surface area contributed by atoms with Gasteiger partial charge in [0.15, 0.2) is 0 Å². The van der Waals surface area contributed by atoms with E-state index in [4.69, 9.17) is 38.8 Å². The van der Waals surface area contributed by atoms with Crippen LogP contribution >= 0.6 is 47.6 Å². The molecule has 4 nitrogen and oxygen atoms in total. The monoisotopic (exact) mass is 420 g/mol. The van der Waals surface area contributed by atoms with Crippen molar-refractivity contribution in [2.24, 2.45) is 11.5 Å².